The van der Waals surface area contributed by atoms with Gasteiger partial charge in [-0.1, -0.05) is 39.3 Å². The normalized spacial score (nSPS) is 54.6. The topological polar surface area (TPSA) is 69.9 Å². The van der Waals surface area contributed by atoms with Crippen molar-refractivity contribution in [3.05, 3.63) is 23.0 Å². The maximum atomic E-state index is 11.0. The molecule has 0 aromatic heterocycles. The van der Waals surface area contributed by atoms with Gasteiger partial charge >= 0.3 is 0 Å². The Hall–Kier alpha value is -0.840. The molecule has 0 bridgehead atoms. The van der Waals surface area contributed by atoms with Crippen LogP contribution < -0.4 is 0 Å². The molecule has 0 aromatic carbocycles. The molecule has 4 nitrogen and oxygen atoms in total. The lowest BCUT2D eigenvalue weighted by Gasteiger charge is -2.69. The van der Waals surface area contributed by atoms with Gasteiger partial charge in [0.25, 0.3) is 0 Å². The highest BCUT2D eigenvalue weighted by Crippen LogP contribution is 2.74. The molecule has 1 saturated heterocycles. The number of hydrogen-bond donors (Lipinski definition) is 3. The van der Waals surface area contributed by atoms with Crippen molar-refractivity contribution < 1.29 is 20.1 Å². The summed E-state index contributed by atoms with van der Waals surface area (Å²) in [7, 11) is 0. The summed E-state index contributed by atoms with van der Waals surface area (Å²) < 4.78 is 6.68. The van der Waals surface area contributed by atoms with Crippen LogP contribution in [0.5, 0.6) is 0 Å². The van der Waals surface area contributed by atoms with Crippen molar-refractivity contribution in [1.82, 2.24) is 0 Å². The number of hydrogen-bond acceptors (Lipinski definition) is 4. The zero-order chi connectivity index (χ0) is 24.9. The van der Waals surface area contributed by atoms with Crippen LogP contribution in [0.25, 0.3) is 0 Å². The lowest BCUT2D eigenvalue weighted by molar-refractivity contribution is -0.238. The van der Waals surface area contributed by atoms with Gasteiger partial charge in [0.2, 0.25) is 0 Å². The van der Waals surface area contributed by atoms with Crippen LogP contribution in [0.15, 0.2) is 23.0 Å². The zero-order valence-electron chi connectivity index (χ0n) is 22.6. The Morgan fingerprint density at radius 2 is 1.71 bits per heavy atom. The molecule has 0 amide bonds. The molecule has 5 aliphatic rings. The van der Waals surface area contributed by atoms with Gasteiger partial charge in [-0.05, 0) is 99.4 Å². The van der Waals surface area contributed by atoms with Crippen molar-refractivity contribution in [3.63, 3.8) is 0 Å². The Bertz CT molecular complexity index is 919. The SMILES string of the molecule is CC(C)=C1CCC(C)(C2CCC3(C)C2=CCC2C4(C)CC(O)C(O)C(C)(CO)C4CCC23C)O1. The molecule has 5 rings (SSSR count). The van der Waals surface area contributed by atoms with Gasteiger partial charge in [-0.25, -0.2) is 0 Å². The van der Waals surface area contributed by atoms with E-state index in [1.54, 1.807) is 5.57 Å². The Balaban J connectivity index is 1.53. The molecule has 4 fully saturated rings. The fourth-order valence-electron chi connectivity index (χ4n) is 10.2. The summed E-state index contributed by atoms with van der Waals surface area (Å²) in [5.74, 6) is 2.32. The van der Waals surface area contributed by atoms with Gasteiger partial charge in [-0.3, -0.25) is 0 Å². The third kappa shape index (κ3) is 2.94. The maximum absolute atomic E-state index is 11.0. The van der Waals surface area contributed by atoms with E-state index in [2.05, 4.69) is 47.6 Å². The second-order valence-electron chi connectivity index (χ2n) is 14.1. The third-order valence-corrected chi connectivity index (χ3v) is 12.4. The van der Waals surface area contributed by atoms with Gasteiger partial charge in [-0.15, -0.1) is 0 Å². The van der Waals surface area contributed by atoms with Crippen LogP contribution in [0.1, 0.15) is 99.8 Å². The van der Waals surface area contributed by atoms with Gasteiger partial charge in [0.15, 0.2) is 0 Å². The van der Waals surface area contributed by atoms with E-state index in [0.717, 1.165) is 32.1 Å². The van der Waals surface area contributed by atoms with Gasteiger partial charge in [0, 0.05) is 17.8 Å². The van der Waals surface area contributed by atoms with Crippen molar-refractivity contribution in [2.75, 3.05) is 6.61 Å². The first-order valence-corrected chi connectivity index (χ1v) is 13.8. The quantitative estimate of drug-likeness (QED) is 0.447. The van der Waals surface area contributed by atoms with E-state index in [4.69, 9.17) is 4.74 Å². The molecule has 0 radical (unpaired) electrons. The number of allylic oxidation sites excluding steroid dienone is 3. The van der Waals surface area contributed by atoms with Crippen molar-refractivity contribution in [2.45, 2.75) is 118 Å². The van der Waals surface area contributed by atoms with E-state index in [1.807, 2.05) is 6.92 Å². The van der Waals surface area contributed by atoms with E-state index in [1.165, 1.54) is 24.2 Å². The molecule has 3 N–H and O–H groups in total. The van der Waals surface area contributed by atoms with Crippen LogP contribution in [0.2, 0.25) is 0 Å². The summed E-state index contributed by atoms with van der Waals surface area (Å²) in [6.45, 7) is 16.0. The van der Waals surface area contributed by atoms with E-state index in [9.17, 15) is 15.3 Å². The van der Waals surface area contributed by atoms with E-state index in [0.29, 0.717) is 18.3 Å². The minimum atomic E-state index is -0.857. The molecule has 34 heavy (non-hydrogen) atoms. The summed E-state index contributed by atoms with van der Waals surface area (Å²) in [5.41, 5.74) is 2.35. The summed E-state index contributed by atoms with van der Waals surface area (Å²) in [6.07, 6.45) is 9.26. The number of aliphatic hydroxyl groups is 3. The molecule has 3 saturated carbocycles. The number of ether oxygens (including phenoxy) is 1. The molecule has 0 spiro atoms. The predicted molar refractivity (Wildman–Crippen MR) is 135 cm³/mol. The first kappa shape index (κ1) is 24.8. The molecule has 10 atom stereocenters. The lowest BCUT2D eigenvalue weighted by Crippen LogP contribution is -2.66. The molecule has 192 valence electrons. The minimum absolute atomic E-state index is 0.0717. The summed E-state index contributed by atoms with van der Waals surface area (Å²) in [4.78, 5) is 0. The molecule has 1 aliphatic heterocycles. The standard InChI is InChI=1S/C30H48O4/c1-18(2)22-11-15-30(7,34-22)20-10-13-28(5)19(20)8-9-24-26(3)16-21(32)25(33)27(4,17-31)23(26)12-14-29(24,28)6/h8,20-21,23-25,31-33H,9-17H2,1-7H3. The number of fused-ring (bicyclic) bond motifs is 5. The summed E-state index contributed by atoms with van der Waals surface area (Å²) in [5, 5.41) is 32.3. The van der Waals surface area contributed by atoms with Crippen molar-refractivity contribution in [1.29, 1.82) is 0 Å². The minimum Gasteiger partial charge on any atom is -0.491 e. The average Bonchev–Trinajstić information content (AvgIpc) is 3.34. The fraction of sp³-hybridized carbons (Fsp3) is 0.867. The van der Waals surface area contributed by atoms with Gasteiger partial charge in [0.1, 0.15) is 5.60 Å². The Morgan fingerprint density at radius 1 is 1.00 bits per heavy atom. The van der Waals surface area contributed by atoms with Gasteiger partial charge in [0.05, 0.1) is 24.6 Å². The molecule has 4 heteroatoms. The largest absolute Gasteiger partial charge is 0.491 e. The van der Waals surface area contributed by atoms with Crippen LogP contribution in [0.4, 0.5) is 0 Å². The second-order valence-corrected chi connectivity index (χ2v) is 14.1. The van der Waals surface area contributed by atoms with Crippen LogP contribution in [-0.4, -0.2) is 39.7 Å². The Kier molecular flexibility index (Phi) is 5.54. The monoisotopic (exact) mass is 472 g/mol. The highest BCUT2D eigenvalue weighted by atomic mass is 16.5. The van der Waals surface area contributed by atoms with Gasteiger partial charge < -0.3 is 20.1 Å². The lowest BCUT2D eigenvalue weighted by atomic mass is 9.36. The Labute approximate surface area is 206 Å². The van der Waals surface area contributed by atoms with Gasteiger partial charge in [-0.2, -0.15) is 0 Å². The van der Waals surface area contributed by atoms with E-state index < -0.39 is 17.6 Å². The highest BCUT2D eigenvalue weighted by molar-refractivity contribution is 5.35. The zero-order valence-corrected chi connectivity index (χ0v) is 22.6. The first-order chi connectivity index (χ1) is 15.8. The third-order valence-electron chi connectivity index (χ3n) is 12.4. The van der Waals surface area contributed by atoms with E-state index >= 15 is 0 Å². The first-order valence-electron chi connectivity index (χ1n) is 13.8. The van der Waals surface area contributed by atoms with Crippen molar-refractivity contribution in [2.24, 2.45) is 39.4 Å². The molecule has 0 aromatic rings. The molecule has 4 aliphatic carbocycles. The fourth-order valence-corrected chi connectivity index (χ4v) is 10.2. The average molecular weight is 473 g/mol. The van der Waals surface area contributed by atoms with Crippen LogP contribution in [0.3, 0.4) is 0 Å². The second kappa shape index (κ2) is 7.59. The summed E-state index contributed by atoms with van der Waals surface area (Å²) in [6, 6.07) is 0. The number of rotatable bonds is 2. The van der Waals surface area contributed by atoms with Crippen LogP contribution >= 0.6 is 0 Å². The van der Waals surface area contributed by atoms with Crippen LogP contribution in [-0.2, 0) is 4.74 Å². The predicted octanol–water partition coefficient (Wildman–Crippen LogP) is 5.76. The smallest absolute Gasteiger partial charge is 0.113 e. The van der Waals surface area contributed by atoms with Crippen molar-refractivity contribution >= 4 is 0 Å². The maximum Gasteiger partial charge on any atom is 0.113 e. The number of aliphatic hydroxyl groups excluding tert-OH is 3. The molecular weight excluding hydrogens is 424 g/mol. The van der Waals surface area contributed by atoms with Crippen LogP contribution in [0, 0.1) is 39.4 Å². The molecule has 10 unspecified atom stereocenters. The van der Waals surface area contributed by atoms with Crippen molar-refractivity contribution in [3.8, 4) is 0 Å². The molecular formula is C30H48O4. The Morgan fingerprint density at radius 3 is 2.32 bits per heavy atom. The molecule has 1 heterocycles. The highest BCUT2D eigenvalue weighted by Gasteiger charge is 2.69. The van der Waals surface area contributed by atoms with E-state index in [-0.39, 0.29) is 34.4 Å². The summed E-state index contributed by atoms with van der Waals surface area (Å²) >= 11 is 0.